The molecule has 0 bridgehead atoms. The second kappa shape index (κ2) is 5.68. The Hall–Kier alpha value is -1.16. The summed E-state index contributed by atoms with van der Waals surface area (Å²) in [6.45, 7) is 8.78. The molecule has 8 atom stereocenters. The van der Waals surface area contributed by atoms with Crippen LogP contribution in [0.1, 0.15) is 72.6 Å². The quantitative estimate of drug-likeness (QED) is 0.652. The Kier molecular flexibility index (Phi) is 3.77. The number of carbonyl (C=O) groups excluding carboxylic acids is 1. The van der Waals surface area contributed by atoms with Crippen molar-refractivity contribution in [2.45, 2.75) is 84.8 Å². The van der Waals surface area contributed by atoms with Crippen molar-refractivity contribution >= 4 is 11.6 Å². The van der Waals surface area contributed by atoms with Crippen LogP contribution in [0.4, 0.5) is 0 Å². The van der Waals surface area contributed by atoms with Gasteiger partial charge in [0.1, 0.15) is 0 Å². The van der Waals surface area contributed by atoms with Crippen molar-refractivity contribution in [1.82, 2.24) is 5.01 Å². The highest BCUT2D eigenvalue weighted by atomic mass is 16.3. The molecular weight excluding hydrogens is 336 g/mol. The second-order valence-corrected chi connectivity index (χ2v) is 10.6. The average Bonchev–Trinajstić information content (AvgIpc) is 3.11. The Bertz CT molecular complexity index is 743. The lowest BCUT2D eigenvalue weighted by molar-refractivity contribution is -0.130. The summed E-state index contributed by atoms with van der Waals surface area (Å²) >= 11 is 0. The topological polar surface area (TPSA) is 52.9 Å². The van der Waals surface area contributed by atoms with E-state index in [0.717, 1.165) is 43.9 Å². The van der Waals surface area contributed by atoms with Crippen molar-refractivity contribution in [3.8, 4) is 0 Å². The van der Waals surface area contributed by atoms with Crippen molar-refractivity contribution in [3.63, 3.8) is 0 Å². The molecule has 0 saturated heterocycles. The third-order valence-corrected chi connectivity index (χ3v) is 9.46. The molecule has 1 heterocycles. The highest BCUT2D eigenvalue weighted by molar-refractivity contribution is 5.91. The lowest BCUT2D eigenvalue weighted by Gasteiger charge is -2.57. The van der Waals surface area contributed by atoms with Crippen LogP contribution < -0.4 is 0 Å². The SMILES string of the molecule is CC(=O)N1N=C(C)C2C1CC1C3CC=C4C[C@@H](O)CC[C@]4(C)C3CC[C@@]12C. The summed E-state index contributed by atoms with van der Waals surface area (Å²) in [6.07, 6.45) is 10.2. The van der Waals surface area contributed by atoms with E-state index in [1.54, 1.807) is 11.9 Å². The van der Waals surface area contributed by atoms with Crippen LogP contribution in [0.5, 0.6) is 0 Å². The maximum Gasteiger partial charge on any atom is 0.239 e. The summed E-state index contributed by atoms with van der Waals surface area (Å²) in [5.74, 6) is 2.68. The molecule has 4 nitrogen and oxygen atoms in total. The molecule has 1 N–H and O–H groups in total. The predicted molar refractivity (Wildman–Crippen MR) is 106 cm³/mol. The molecule has 0 radical (unpaired) electrons. The van der Waals surface area contributed by atoms with Crippen LogP contribution in [-0.2, 0) is 4.79 Å². The molecule has 0 aromatic heterocycles. The molecule has 0 aromatic carbocycles. The highest BCUT2D eigenvalue weighted by Gasteiger charge is 2.64. The number of aliphatic hydroxyl groups excluding tert-OH is 1. The Morgan fingerprint density at radius 3 is 2.78 bits per heavy atom. The Morgan fingerprint density at radius 2 is 2.04 bits per heavy atom. The predicted octanol–water partition coefficient (Wildman–Crippen LogP) is 4.14. The fourth-order valence-electron chi connectivity index (χ4n) is 8.26. The molecule has 148 valence electrons. The van der Waals surface area contributed by atoms with E-state index in [9.17, 15) is 9.90 Å². The van der Waals surface area contributed by atoms with Gasteiger partial charge >= 0.3 is 0 Å². The van der Waals surface area contributed by atoms with E-state index in [0.29, 0.717) is 11.8 Å². The lowest BCUT2D eigenvalue weighted by Crippen LogP contribution is -2.50. The van der Waals surface area contributed by atoms with E-state index in [2.05, 4.69) is 31.9 Å². The van der Waals surface area contributed by atoms with E-state index < -0.39 is 0 Å². The molecule has 0 spiro atoms. The van der Waals surface area contributed by atoms with Crippen LogP contribution in [-0.4, -0.2) is 33.9 Å². The van der Waals surface area contributed by atoms with Crippen molar-refractivity contribution < 1.29 is 9.90 Å². The van der Waals surface area contributed by atoms with Crippen LogP contribution in [0.3, 0.4) is 0 Å². The van der Waals surface area contributed by atoms with Crippen LogP contribution >= 0.6 is 0 Å². The standard InChI is InChI=1S/C23H34N2O2/c1-13-21-20(25(24-13)14(2)26)12-19-17-6-5-15-11-16(27)7-9-22(15,3)18(17)8-10-23(19,21)4/h5,16-21,27H,6-12H2,1-4H3/t16-,17?,18?,19?,20?,21?,22-,23-/m0/s1. The van der Waals surface area contributed by atoms with Gasteiger partial charge in [0.2, 0.25) is 5.91 Å². The van der Waals surface area contributed by atoms with Gasteiger partial charge in [-0.2, -0.15) is 5.10 Å². The van der Waals surface area contributed by atoms with E-state index in [4.69, 9.17) is 0 Å². The maximum atomic E-state index is 12.2. The van der Waals surface area contributed by atoms with Gasteiger partial charge in [0.25, 0.3) is 0 Å². The molecule has 5 unspecified atom stereocenters. The number of fused-ring (bicyclic) bond motifs is 7. The number of nitrogens with zero attached hydrogens (tertiary/aromatic N) is 2. The second-order valence-electron chi connectivity index (χ2n) is 10.6. The zero-order valence-electron chi connectivity index (χ0n) is 17.2. The van der Waals surface area contributed by atoms with Gasteiger partial charge in [-0.05, 0) is 80.5 Å². The molecule has 27 heavy (non-hydrogen) atoms. The summed E-state index contributed by atoms with van der Waals surface area (Å²) in [5.41, 5.74) is 3.27. The molecule has 0 aromatic rings. The number of hydrazone groups is 1. The zero-order chi connectivity index (χ0) is 19.1. The largest absolute Gasteiger partial charge is 0.393 e. The zero-order valence-corrected chi connectivity index (χ0v) is 17.2. The summed E-state index contributed by atoms with van der Waals surface area (Å²) < 4.78 is 0. The van der Waals surface area contributed by atoms with Gasteiger partial charge in [-0.3, -0.25) is 4.79 Å². The molecule has 1 amide bonds. The molecule has 4 aliphatic carbocycles. The van der Waals surface area contributed by atoms with Crippen LogP contribution in [0, 0.1) is 34.5 Å². The minimum Gasteiger partial charge on any atom is -0.393 e. The van der Waals surface area contributed by atoms with Gasteiger partial charge in [0, 0.05) is 18.6 Å². The van der Waals surface area contributed by atoms with E-state index in [1.807, 2.05) is 0 Å². The monoisotopic (exact) mass is 370 g/mol. The number of hydrogen-bond acceptors (Lipinski definition) is 3. The van der Waals surface area contributed by atoms with Gasteiger partial charge in [0.15, 0.2) is 0 Å². The number of hydrogen-bond donors (Lipinski definition) is 1. The number of amides is 1. The average molecular weight is 371 g/mol. The van der Waals surface area contributed by atoms with Gasteiger partial charge in [-0.25, -0.2) is 5.01 Å². The van der Waals surface area contributed by atoms with Crippen molar-refractivity contribution in [1.29, 1.82) is 0 Å². The number of rotatable bonds is 0. The van der Waals surface area contributed by atoms with Crippen molar-refractivity contribution in [2.24, 2.45) is 39.6 Å². The Labute approximate surface area is 163 Å². The highest BCUT2D eigenvalue weighted by Crippen LogP contribution is 2.67. The lowest BCUT2D eigenvalue weighted by atomic mass is 9.47. The first-order valence-corrected chi connectivity index (χ1v) is 11.0. The third-order valence-electron chi connectivity index (χ3n) is 9.46. The fourth-order valence-corrected chi connectivity index (χ4v) is 8.26. The van der Waals surface area contributed by atoms with E-state index in [-0.39, 0.29) is 28.9 Å². The summed E-state index contributed by atoms with van der Waals surface area (Å²) in [6, 6.07) is 0.280. The number of aliphatic hydroxyl groups is 1. The maximum absolute atomic E-state index is 12.2. The first-order chi connectivity index (χ1) is 12.8. The first-order valence-electron chi connectivity index (χ1n) is 11.0. The summed E-state index contributed by atoms with van der Waals surface area (Å²) in [4.78, 5) is 12.2. The smallest absolute Gasteiger partial charge is 0.239 e. The van der Waals surface area contributed by atoms with Crippen LogP contribution in [0.15, 0.2) is 16.8 Å². The van der Waals surface area contributed by atoms with E-state index >= 15 is 0 Å². The molecule has 5 aliphatic rings. The van der Waals surface area contributed by atoms with Crippen molar-refractivity contribution in [3.05, 3.63) is 11.6 Å². The van der Waals surface area contributed by atoms with Gasteiger partial charge < -0.3 is 5.11 Å². The number of carbonyl (C=O) groups is 1. The molecule has 1 aliphatic heterocycles. The van der Waals surface area contributed by atoms with Crippen LogP contribution in [0.2, 0.25) is 0 Å². The third kappa shape index (κ3) is 2.25. The Balaban J connectivity index is 1.50. The summed E-state index contributed by atoms with van der Waals surface area (Å²) in [7, 11) is 0. The van der Waals surface area contributed by atoms with Crippen LogP contribution in [0.25, 0.3) is 0 Å². The van der Waals surface area contributed by atoms with Gasteiger partial charge in [-0.15, -0.1) is 0 Å². The fraction of sp³-hybridized carbons (Fsp3) is 0.826. The minimum absolute atomic E-state index is 0.0969. The van der Waals surface area contributed by atoms with Gasteiger partial charge in [0.05, 0.1) is 12.1 Å². The molecule has 3 saturated carbocycles. The van der Waals surface area contributed by atoms with E-state index in [1.165, 1.54) is 24.1 Å². The van der Waals surface area contributed by atoms with Gasteiger partial charge in [-0.1, -0.05) is 25.5 Å². The Morgan fingerprint density at radius 1 is 1.26 bits per heavy atom. The summed E-state index contributed by atoms with van der Waals surface area (Å²) in [5, 5.41) is 16.6. The first kappa shape index (κ1) is 17.9. The molecule has 5 rings (SSSR count). The van der Waals surface area contributed by atoms with Crippen molar-refractivity contribution in [2.75, 3.05) is 0 Å². The molecule has 4 heteroatoms. The minimum atomic E-state index is -0.136. The molecular formula is C23H34N2O2. The number of allylic oxidation sites excluding steroid dienone is 1. The molecule has 3 fully saturated rings. The normalized spacial score (nSPS) is 50.9.